The highest BCUT2D eigenvalue weighted by Crippen LogP contribution is 2.37. The van der Waals surface area contributed by atoms with Gasteiger partial charge in [-0.15, -0.1) is 0 Å². The van der Waals surface area contributed by atoms with E-state index in [-0.39, 0.29) is 23.1 Å². The fraction of sp³-hybridized carbons (Fsp3) is 0.421. The Hall–Kier alpha value is -2.79. The monoisotopic (exact) mass is 424 g/mol. The van der Waals surface area contributed by atoms with Crippen molar-refractivity contribution in [3.8, 4) is 11.4 Å². The SMILES string of the molecule is CC(O)(c1cn2c(-c3cc(F)cc(N[C@@H]4CCCNC4)n3)cnc2cn1)C(F)(F)F. The molecule has 7 nitrogen and oxygen atoms in total. The molecule has 3 N–H and O–H groups in total. The summed E-state index contributed by atoms with van der Waals surface area (Å²) in [5.41, 5.74) is -3.05. The Balaban J connectivity index is 1.73. The van der Waals surface area contributed by atoms with Crippen molar-refractivity contribution in [3.05, 3.63) is 42.2 Å². The number of halogens is 4. The summed E-state index contributed by atoms with van der Waals surface area (Å²) in [6.45, 7) is 2.28. The average molecular weight is 424 g/mol. The molecule has 0 aromatic carbocycles. The Kier molecular flexibility index (Phi) is 5.10. The molecule has 11 heteroatoms. The quantitative estimate of drug-likeness (QED) is 0.559. The summed E-state index contributed by atoms with van der Waals surface area (Å²) in [5, 5.41) is 16.4. The molecule has 1 unspecified atom stereocenters. The zero-order valence-corrected chi connectivity index (χ0v) is 16.0. The number of aromatic nitrogens is 4. The van der Waals surface area contributed by atoms with Gasteiger partial charge in [-0.25, -0.2) is 14.4 Å². The maximum Gasteiger partial charge on any atom is 0.422 e. The number of hydrogen-bond acceptors (Lipinski definition) is 6. The van der Waals surface area contributed by atoms with Gasteiger partial charge in [0.2, 0.25) is 5.60 Å². The van der Waals surface area contributed by atoms with Crippen LogP contribution in [0.5, 0.6) is 0 Å². The predicted octanol–water partition coefficient (Wildman–Crippen LogP) is 2.86. The summed E-state index contributed by atoms with van der Waals surface area (Å²) >= 11 is 0. The Labute approximate surface area is 169 Å². The Morgan fingerprint density at radius 2 is 2.03 bits per heavy atom. The van der Waals surface area contributed by atoms with Crippen molar-refractivity contribution in [3.63, 3.8) is 0 Å². The summed E-state index contributed by atoms with van der Waals surface area (Å²) in [4.78, 5) is 12.2. The minimum Gasteiger partial charge on any atom is -0.375 e. The maximum absolute atomic E-state index is 14.3. The summed E-state index contributed by atoms with van der Waals surface area (Å²) in [7, 11) is 0. The van der Waals surface area contributed by atoms with Crippen molar-refractivity contribution in [2.75, 3.05) is 18.4 Å². The molecule has 0 radical (unpaired) electrons. The van der Waals surface area contributed by atoms with Crippen molar-refractivity contribution in [1.29, 1.82) is 0 Å². The molecule has 1 aliphatic rings. The van der Waals surface area contributed by atoms with E-state index in [4.69, 9.17) is 0 Å². The lowest BCUT2D eigenvalue weighted by Crippen LogP contribution is -2.40. The van der Waals surface area contributed by atoms with E-state index in [1.807, 2.05) is 0 Å². The lowest BCUT2D eigenvalue weighted by Gasteiger charge is -2.25. The van der Waals surface area contributed by atoms with Gasteiger partial charge >= 0.3 is 6.18 Å². The van der Waals surface area contributed by atoms with Crippen LogP contribution >= 0.6 is 0 Å². The number of fused-ring (bicyclic) bond motifs is 1. The highest BCUT2D eigenvalue weighted by Gasteiger charge is 2.52. The molecule has 4 rings (SSSR count). The van der Waals surface area contributed by atoms with Crippen molar-refractivity contribution in [2.24, 2.45) is 0 Å². The van der Waals surface area contributed by atoms with Crippen molar-refractivity contribution >= 4 is 11.5 Å². The van der Waals surface area contributed by atoms with E-state index in [0.29, 0.717) is 12.7 Å². The lowest BCUT2D eigenvalue weighted by molar-refractivity contribution is -0.260. The summed E-state index contributed by atoms with van der Waals surface area (Å²) in [5.74, 6) is -0.219. The number of aliphatic hydroxyl groups is 1. The lowest BCUT2D eigenvalue weighted by atomic mass is 10.0. The fourth-order valence-electron chi connectivity index (χ4n) is 3.36. The van der Waals surface area contributed by atoms with Crippen molar-refractivity contribution in [2.45, 2.75) is 37.6 Å². The zero-order chi connectivity index (χ0) is 21.5. The molecule has 0 amide bonds. The molecule has 2 atom stereocenters. The van der Waals surface area contributed by atoms with Crippen LogP contribution in [0.15, 0.2) is 30.7 Å². The minimum absolute atomic E-state index is 0.0979. The van der Waals surface area contributed by atoms with E-state index in [9.17, 15) is 22.7 Å². The van der Waals surface area contributed by atoms with Crippen molar-refractivity contribution < 1.29 is 22.7 Å². The van der Waals surface area contributed by atoms with E-state index in [0.717, 1.165) is 38.3 Å². The highest BCUT2D eigenvalue weighted by atomic mass is 19.4. The second kappa shape index (κ2) is 7.47. The van der Waals surface area contributed by atoms with Crippen molar-refractivity contribution in [1.82, 2.24) is 24.7 Å². The van der Waals surface area contributed by atoms with Crippen LogP contribution in [0.4, 0.5) is 23.4 Å². The van der Waals surface area contributed by atoms with Gasteiger partial charge in [0.05, 0.1) is 29.5 Å². The normalized spacial score (nSPS) is 19.6. The topological polar surface area (TPSA) is 87.4 Å². The van der Waals surface area contributed by atoms with E-state index < -0.39 is 23.3 Å². The Morgan fingerprint density at radius 1 is 1.23 bits per heavy atom. The number of piperidine rings is 1. The van der Waals surface area contributed by atoms with E-state index in [1.54, 1.807) is 0 Å². The third-order valence-corrected chi connectivity index (χ3v) is 5.15. The first-order valence-electron chi connectivity index (χ1n) is 9.43. The van der Waals surface area contributed by atoms with Crippen LogP contribution < -0.4 is 10.6 Å². The second-order valence-corrected chi connectivity index (χ2v) is 7.46. The molecule has 160 valence electrons. The van der Waals surface area contributed by atoms with Gasteiger partial charge in [-0.05, 0) is 26.3 Å². The molecule has 30 heavy (non-hydrogen) atoms. The van der Waals surface area contributed by atoms with Gasteiger partial charge in [-0.3, -0.25) is 9.38 Å². The highest BCUT2D eigenvalue weighted by molar-refractivity contribution is 5.62. The van der Waals surface area contributed by atoms with Crippen LogP contribution in [-0.4, -0.2) is 49.8 Å². The third-order valence-electron chi connectivity index (χ3n) is 5.15. The minimum atomic E-state index is -4.92. The van der Waals surface area contributed by atoms with E-state index in [2.05, 4.69) is 25.6 Å². The average Bonchev–Trinajstić information content (AvgIpc) is 3.10. The molecular formula is C19H20F4N6O. The smallest absolute Gasteiger partial charge is 0.375 e. The van der Waals surface area contributed by atoms with Crippen LogP contribution in [0.3, 0.4) is 0 Å². The van der Waals surface area contributed by atoms with Gasteiger partial charge in [-0.1, -0.05) is 0 Å². The molecule has 0 aliphatic carbocycles. The second-order valence-electron chi connectivity index (χ2n) is 7.46. The van der Waals surface area contributed by atoms with Crippen LogP contribution in [-0.2, 0) is 5.60 Å². The molecule has 3 aromatic heterocycles. The van der Waals surface area contributed by atoms with Gasteiger partial charge in [0.25, 0.3) is 0 Å². The summed E-state index contributed by atoms with van der Waals surface area (Å²) in [6.07, 6.45) is 0.508. The molecule has 1 saturated heterocycles. The molecule has 0 bridgehead atoms. The molecule has 3 aromatic rings. The zero-order valence-electron chi connectivity index (χ0n) is 16.0. The number of nitrogens with one attached hydrogen (secondary N) is 2. The molecule has 0 saturated carbocycles. The molecule has 1 aliphatic heterocycles. The number of imidazole rings is 1. The van der Waals surface area contributed by atoms with Gasteiger partial charge in [0.15, 0.2) is 5.65 Å². The standard InChI is InChI=1S/C19H20F4N6O/c1-18(30,19(21,22)23)15-10-29-14(8-26-17(29)9-25-15)13-5-11(20)6-16(28-13)27-12-3-2-4-24-7-12/h5-6,8-10,12,24,30H,2-4,7H2,1H3,(H,27,28)/t12-,18?/m1/s1. The number of anilines is 1. The fourth-order valence-corrected chi connectivity index (χ4v) is 3.36. The molecule has 1 fully saturated rings. The van der Waals surface area contributed by atoms with Crippen LogP contribution in [0.1, 0.15) is 25.5 Å². The first-order chi connectivity index (χ1) is 14.1. The number of rotatable bonds is 4. The Morgan fingerprint density at radius 3 is 2.73 bits per heavy atom. The third kappa shape index (κ3) is 3.82. The number of pyridine rings is 1. The first-order valence-corrected chi connectivity index (χ1v) is 9.43. The number of alkyl halides is 3. The van der Waals surface area contributed by atoms with Gasteiger partial charge in [0.1, 0.15) is 11.6 Å². The number of hydrogen-bond donors (Lipinski definition) is 3. The summed E-state index contributed by atoms with van der Waals surface area (Å²) in [6, 6.07) is 2.54. The predicted molar refractivity (Wildman–Crippen MR) is 101 cm³/mol. The van der Waals surface area contributed by atoms with Gasteiger partial charge in [0, 0.05) is 30.9 Å². The van der Waals surface area contributed by atoms with E-state index >= 15 is 0 Å². The van der Waals surface area contributed by atoms with Gasteiger partial charge in [-0.2, -0.15) is 13.2 Å². The first kappa shape index (κ1) is 20.5. The largest absolute Gasteiger partial charge is 0.422 e. The molecular weight excluding hydrogens is 404 g/mol. The van der Waals surface area contributed by atoms with Crippen LogP contribution in [0.25, 0.3) is 17.0 Å². The number of nitrogens with zero attached hydrogens (tertiary/aromatic N) is 4. The van der Waals surface area contributed by atoms with Crippen LogP contribution in [0, 0.1) is 5.82 Å². The maximum atomic E-state index is 14.3. The summed E-state index contributed by atoms with van der Waals surface area (Å²) < 4.78 is 55.2. The van der Waals surface area contributed by atoms with Crippen LogP contribution in [0.2, 0.25) is 0 Å². The molecule has 4 heterocycles. The Bertz CT molecular complexity index is 1060. The molecule has 0 spiro atoms. The van der Waals surface area contributed by atoms with E-state index in [1.165, 1.54) is 22.7 Å². The van der Waals surface area contributed by atoms with Gasteiger partial charge < -0.3 is 15.7 Å².